The summed E-state index contributed by atoms with van der Waals surface area (Å²) in [6.45, 7) is 5.11. The average Bonchev–Trinajstić information content (AvgIpc) is 2.37. The number of alkyl halides is 5. The molecule has 0 amide bonds. The van der Waals surface area contributed by atoms with Gasteiger partial charge in [-0.3, -0.25) is 0 Å². The highest BCUT2D eigenvalue weighted by molar-refractivity contribution is 9.27. The fraction of sp³-hybridized carbons (Fsp3) is 0.308. The first-order valence-corrected chi connectivity index (χ1v) is 9.67. The largest absolute Gasteiger partial charge is 0.465 e. The van der Waals surface area contributed by atoms with Gasteiger partial charge >= 0.3 is 5.97 Å². The minimum atomic E-state index is -1.21. The van der Waals surface area contributed by atoms with E-state index in [-0.39, 0.29) is 5.57 Å². The first kappa shape index (κ1) is 19.7. The zero-order valence-electron chi connectivity index (χ0n) is 10.8. The van der Waals surface area contributed by atoms with Crippen molar-refractivity contribution in [2.75, 3.05) is 0 Å². The number of esters is 1. The third-order valence-electron chi connectivity index (χ3n) is 2.16. The molecule has 0 saturated heterocycles. The molecule has 0 fully saturated rings. The van der Waals surface area contributed by atoms with Crippen LogP contribution < -0.4 is 4.74 Å². The summed E-state index contributed by atoms with van der Waals surface area (Å²) in [7, 11) is 0. The molecule has 0 aliphatic carbocycles. The number of carbonyl (C=O) groups excluding carboxylic acids is 1. The normalized spacial score (nSPS) is 13.4. The molecule has 116 valence electrons. The van der Waals surface area contributed by atoms with Crippen molar-refractivity contribution in [2.45, 2.75) is 18.6 Å². The van der Waals surface area contributed by atoms with Gasteiger partial charge in [-0.05, 0) is 82.8 Å². The van der Waals surface area contributed by atoms with Gasteiger partial charge in [-0.1, -0.05) is 40.7 Å². The van der Waals surface area contributed by atoms with Gasteiger partial charge in [-0.25, -0.2) is 4.79 Å². The lowest BCUT2D eigenvalue weighted by atomic mass is 10.3. The minimum Gasteiger partial charge on any atom is -0.465 e. The number of rotatable bonds is 6. The molecule has 0 bridgehead atoms. The van der Waals surface area contributed by atoms with Crippen LogP contribution in [-0.2, 0) is 9.53 Å². The quantitative estimate of drug-likeness (QED) is 0.230. The second kappa shape index (κ2) is 7.95. The SMILES string of the molecule is C=C(C)C(=O)OC(Br)(Br)C(Br)C(Br)(Br)Oc1ccccc1. The van der Waals surface area contributed by atoms with E-state index in [0.717, 1.165) is 0 Å². The molecule has 1 aromatic carbocycles. The molecular formula is C13H11Br5O3. The van der Waals surface area contributed by atoms with E-state index in [0.29, 0.717) is 5.75 Å². The summed E-state index contributed by atoms with van der Waals surface area (Å²) in [5, 5.41) is 0. The van der Waals surface area contributed by atoms with Gasteiger partial charge in [0.15, 0.2) is 0 Å². The third kappa shape index (κ3) is 5.97. The molecule has 1 rings (SSSR count). The fourth-order valence-corrected chi connectivity index (χ4v) is 4.53. The lowest BCUT2D eigenvalue weighted by molar-refractivity contribution is -0.141. The molecule has 0 N–H and O–H groups in total. The van der Waals surface area contributed by atoms with Gasteiger partial charge in [0, 0.05) is 5.57 Å². The summed E-state index contributed by atoms with van der Waals surface area (Å²) in [5.41, 5.74) is 0.289. The predicted molar refractivity (Wildman–Crippen MR) is 102 cm³/mol. The Morgan fingerprint density at radius 3 is 2.14 bits per heavy atom. The Labute approximate surface area is 165 Å². The Morgan fingerprint density at radius 1 is 1.14 bits per heavy atom. The van der Waals surface area contributed by atoms with Crippen molar-refractivity contribution >= 4 is 85.6 Å². The molecule has 0 aliphatic heterocycles. The van der Waals surface area contributed by atoms with Crippen LogP contribution in [0, 0.1) is 0 Å². The first-order valence-electron chi connectivity index (χ1n) is 5.59. The van der Waals surface area contributed by atoms with Crippen molar-refractivity contribution in [3.63, 3.8) is 0 Å². The van der Waals surface area contributed by atoms with Crippen LogP contribution >= 0.6 is 79.6 Å². The summed E-state index contributed by atoms with van der Waals surface area (Å²) in [4.78, 5) is 11.1. The fourth-order valence-electron chi connectivity index (χ4n) is 1.16. The lowest BCUT2D eigenvalue weighted by Crippen LogP contribution is -2.45. The molecule has 1 atom stereocenters. The summed E-state index contributed by atoms with van der Waals surface area (Å²) < 4.78 is 8.85. The van der Waals surface area contributed by atoms with E-state index in [9.17, 15) is 4.79 Å². The number of halogens is 5. The second-order valence-electron chi connectivity index (χ2n) is 4.07. The number of carbonyl (C=O) groups is 1. The number of benzene rings is 1. The van der Waals surface area contributed by atoms with Gasteiger partial charge < -0.3 is 9.47 Å². The standard InChI is InChI=1S/C13H11Br5O3/c1-8(2)10(19)21-13(17,18)11(14)12(15,16)20-9-6-4-3-5-7-9/h3-7,11H,1H2,2H3. The van der Waals surface area contributed by atoms with E-state index < -0.39 is 17.6 Å². The van der Waals surface area contributed by atoms with Crippen LogP contribution in [0.3, 0.4) is 0 Å². The smallest absolute Gasteiger partial charge is 0.335 e. The second-order valence-corrected chi connectivity index (χ2v) is 11.8. The molecule has 1 unspecified atom stereocenters. The Kier molecular flexibility index (Phi) is 7.44. The van der Waals surface area contributed by atoms with E-state index in [1.54, 1.807) is 19.1 Å². The number of hydrogen-bond donors (Lipinski definition) is 0. The maximum absolute atomic E-state index is 11.7. The van der Waals surface area contributed by atoms with E-state index in [1.807, 2.05) is 18.2 Å². The highest BCUT2D eigenvalue weighted by Gasteiger charge is 2.50. The van der Waals surface area contributed by atoms with Crippen molar-refractivity contribution in [3.8, 4) is 5.75 Å². The summed E-state index contributed by atoms with van der Waals surface area (Å²) in [6, 6.07) is 9.20. The van der Waals surface area contributed by atoms with E-state index in [2.05, 4.69) is 86.2 Å². The molecule has 8 heteroatoms. The predicted octanol–water partition coefficient (Wildman–Crippen LogP) is 5.84. The molecule has 3 nitrogen and oxygen atoms in total. The van der Waals surface area contributed by atoms with Crippen molar-refractivity contribution in [1.29, 1.82) is 0 Å². The maximum atomic E-state index is 11.7. The number of ether oxygens (including phenoxy) is 2. The number of hydrogen-bond acceptors (Lipinski definition) is 3. The monoisotopic (exact) mass is 610 g/mol. The zero-order chi connectivity index (χ0) is 16.3. The van der Waals surface area contributed by atoms with E-state index in [1.165, 1.54) is 0 Å². The van der Waals surface area contributed by atoms with Crippen molar-refractivity contribution in [1.82, 2.24) is 0 Å². The molecule has 21 heavy (non-hydrogen) atoms. The molecule has 1 aromatic rings. The van der Waals surface area contributed by atoms with Gasteiger partial charge in [0.25, 0.3) is 0 Å². The topological polar surface area (TPSA) is 35.5 Å². The lowest BCUT2D eigenvalue weighted by Gasteiger charge is -2.34. The van der Waals surface area contributed by atoms with Crippen LogP contribution in [0.4, 0.5) is 0 Å². The Bertz CT molecular complexity index is 516. The van der Waals surface area contributed by atoms with Gasteiger partial charge in [0.2, 0.25) is 6.84 Å². The summed E-state index contributed by atoms with van der Waals surface area (Å²) >= 11 is 16.9. The molecule has 0 heterocycles. The maximum Gasteiger partial charge on any atom is 0.335 e. The highest BCUT2D eigenvalue weighted by Crippen LogP contribution is 2.48. The minimum absolute atomic E-state index is 0.289. The van der Waals surface area contributed by atoms with Crippen LogP contribution in [-0.4, -0.2) is 17.6 Å². The van der Waals surface area contributed by atoms with Gasteiger partial charge in [-0.2, -0.15) is 0 Å². The molecule has 0 spiro atoms. The Morgan fingerprint density at radius 2 is 1.67 bits per heavy atom. The Balaban J connectivity index is 2.86. The van der Waals surface area contributed by atoms with Gasteiger partial charge in [0.1, 0.15) is 10.6 Å². The van der Waals surface area contributed by atoms with Crippen LogP contribution in [0.25, 0.3) is 0 Å². The van der Waals surface area contributed by atoms with E-state index in [4.69, 9.17) is 9.47 Å². The summed E-state index contributed by atoms with van der Waals surface area (Å²) in [5.74, 6) is 0.0986. The molecule has 0 aromatic heterocycles. The van der Waals surface area contributed by atoms with Crippen molar-refractivity contribution in [2.24, 2.45) is 0 Å². The average molecular weight is 615 g/mol. The van der Waals surface area contributed by atoms with Crippen LogP contribution in [0.2, 0.25) is 0 Å². The van der Waals surface area contributed by atoms with Gasteiger partial charge in [0.05, 0.1) is 0 Å². The zero-order valence-corrected chi connectivity index (χ0v) is 18.7. The first-order chi connectivity index (χ1) is 9.56. The highest BCUT2D eigenvalue weighted by atomic mass is 79.9. The van der Waals surface area contributed by atoms with Crippen LogP contribution in [0.15, 0.2) is 42.5 Å². The molecular weight excluding hydrogens is 604 g/mol. The van der Waals surface area contributed by atoms with Gasteiger partial charge in [-0.15, -0.1) is 0 Å². The number of para-hydroxylation sites is 1. The molecule has 0 radical (unpaired) electrons. The van der Waals surface area contributed by atoms with Crippen LogP contribution in [0.5, 0.6) is 5.75 Å². The summed E-state index contributed by atoms with van der Waals surface area (Å²) in [6.07, 6.45) is 0. The van der Waals surface area contributed by atoms with E-state index >= 15 is 0 Å². The third-order valence-corrected chi connectivity index (χ3v) is 8.39. The molecule has 0 aliphatic rings. The van der Waals surface area contributed by atoms with Crippen molar-refractivity contribution in [3.05, 3.63) is 42.5 Å². The van der Waals surface area contributed by atoms with Crippen molar-refractivity contribution < 1.29 is 14.3 Å². The Hall–Kier alpha value is 0.630. The molecule has 0 saturated carbocycles. The van der Waals surface area contributed by atoms with Crippen LogP contribution in [0.1, 0.15) is 6.92 Å².